The van der Waals surface area contributed by atoms with Crippen LogP contribution in [0.1, 0.15) is 25.0 Å². The van der Waals surface area contributed by atoms with E-state index in [1.54, 1.807) is 7.11 Å². The summed E-state index contributed by atoms with van der Waals surface area (Å²) in [5, 5.41) is 2.96. The smallest absolute Gasteiger partial charge is 0.317 e. The third kappa shape index (κ3) is 4.72. The number of hydrogen-bond acceptors (Lipinski definition) is 3. The molecule has 5 nitrogen and oxygen atoms in total. The van der Waals surface area contributed by atoms with Gasteiger partial charge < -0.3 is 19.7 Å². The fourth-order valence-corrected chi connectivity index (χ4v) is 2.55. The summed E-state index contributed by atoms with van der Waals surface area (Å²) in [5.74, 6) is 0. The van der Waals surface area contributed by atoms with Gasteiger partial charge in [-0.3, -0.25) is 0 Å². The van der Waals surface area contributed by atoms with Crippen LogP contribution in [0, 0.1) is 0 Å². The Morgan fingerprint density at radius 1 is 1.24 bits per heavy atom. The van der Waals surface area contributed by atoms with E-state index in [1.807, 2.05) is 43.0 Å². The molecule has 1 N–H and O–H groups in total. The van der Waals surface area contributed by atoms with Crippen LogP contribution in [0.15, 0.2) is 24.3 Å². The molecule has 1 heterocycles. The van der Waals surface area contributed by atoms with Crippen molar-refractivity contribution in [3.63, 3.8) is 0 Å². The van der Waals surface area contributed by atoms with E-state index in [-0.39, 0.29) is 18.2 Å². The van der Waals surface area contributed by atoms with Gasteiger partial charge in [0.15, 0.2) is 0 Å². The number of amides is 2. The first-order valence-electron chi connectivity index (χ1n) is 7.33. The molecule has 21 heavy (non-hydrogen) atoms. The average molecular weight is 292 g/mol. The minimum atomic E-state index is -0.0297. The molecule has 1 aromatic carbocycles. The quantitative estimate of drug-likeness (QED) is 0.925. The Balaban J connectivity index is 1.83. The van der Waals surface area contributed by atoms with Gasteiger partial charge in [0.1, 0.15) is 0 Å². The molecule has 116 valence electrons. The van der Waals surface area contributed by atoms with Crippen LogP contribution in [-0.2, 0) is 22.6 Å². The standard InChI is InChI=1S/C16H24N2O3/c1-12-9-18(10-13(2)21-12)16(19)17-8-14-4-6-15(7-5-14)11-20-3/h4-7,12-13H,8-11H2,1-3H3,(H,17,19). The highest BCUT2D eigenvalue weighted by Gasteiger charge is 2.25. The molecular weight excluding hydrogens is 268 g/mol. The van der Waals surface area contributed by atoms with E-state index in [9.17, 15) is 4.79 Å². The topological polar surface area (TPSA) is 50.8 Å². The van der Waals surface area contributed by atoms with Crippen molar-refractivity contribution in [1.82, 2.24) is 10.2 Å². The first kappa shape index (κ1) is 15.8. The molecule has 0 radical (unpaired) electrons. The van der Waals surface area contributed by atoms with Crippen LogP contribution in [0.5, 0.6) is 0 Å². The summed E-state index contributed by atoms with van der Waals surface area (Å²) in [6.45, 7) is 6.41. The Kier molecular flexibility index (Phi) is 5.59. The molecule has 2 atom stereocenters. The number of carbonyl (C=O) groups is 1. The summed E-state index contributed by atoms with van der Waals surface area (Å²) in [4.78, 5) is 14.0. The number of rotatable bonds is 4. The van der Waals surface area contributed by atoms with Crippen LogP contribution in [0.2, 0.25) is 0 Å². The molecule has 5 heteroatoms. The summed E-state index contributed by atoms with van der Waals surface area (Å²) in [6, 6.07) is 8.03. The molecule has 1 fully saturated rings. The molecular formula is C16H24N2O3. The highest BCUT2D eigenvalue weighted by atomic mass is 16.5. The summed E-state index contributed by atoms with van der Waals surface area (Å²) in [5.41, 5.74) is 2.21. The maximum Gasteiger partial charge on any atom is 0.317 e. The number of benzene rings is 1. The van der Waals surface area contributed by atoms with Crippen molar-refractivity contribution in [2.45, 2.75) is 39.2 Å². The minimum absolute atomic E-state index is 0.0297. The van der Waals surface area contributed by atoms with Gasteiger partial charge in [-0.15, -0.1) is 0 Å². The van der Waals surface area contributed by atoms with E-state index < -0.39 is 0 Å². The molecule has 2 unspecified atom stereocenters. The zero-order valence-corrected chi connectivity index (χ0v) is 13.0. The Labute approximate surface area is 126 Å². The van der Waals surface area contributed by atoms with Gasteiger partial charge in [-0.05, 0) is 25.0 Å². The van der Waals surface area contributed by atoms with E-state index in [1.165, 1.54) is 0 Å². The second kappa shape index (κ2) is 7.43. The number of hydrogen-bond donors (Lipinski definition) is 1. The summed E-state index contributed by atoms with van der Waals surface area (Å²) >= 11 is 0. The predicted octanol–water partition coefficient (Wildman–Crippen LogP) is 2.15. The molecule has 0 bridgehead atoms. The van der Waals surface area contributed by atoms with Crippen molar-refractivity contribution in [3.05, 3.63) is 35.4 Å². The number of morpholine rings is 1. The molecule has 0 aromatic heterocycles. The van der Waals surface area contributed by atoms with Crippen molar-refractivity contribution >= 4 is 6.03 Å². The number of nitrogens with zero attached hydrogens (tertiary/aromatic N) is 1. The predicted molar refractivity (Wildman–Crippen MR) is 81.0 cm³/mol. The lowest BCUT2D eigenvalue weighted by Crippen LogP contribution is -2.51. The van der Waals surface area contributed by atoms with Gasteiger partial charge in [-0.25, -0.2) is 4.79 Å². The van der Waals surface area contributed by atoms with Gasteiger partial charge in [-0.1, -0.05) is 24.3 Å². The van der Waals surface area contributed by atoms with Crippen LogP contribution in [-0.4, -0.2) is 43.3 Å². The Morgan fingerprint density at radius 2 is 1.81 bits per heavy atom. The second-order valence-corrected chi connectivity index (χ2v) is 5.57. The zero-order valence-electron chi connectivity index (χ0n) is 13.0. The van der Waals surface area contributed by atoms with E-state index in [0.29, 0.717) is 26.2 Å². The van der Waals surface area contributed by atoms with E-state index in [2.05, 4.69) is 5.32 Å². The number of nitrogens with one attached hydrogen (secondary N) is 1. The lowest BCUT2D eigenvalue weighted by molar-refractivity contribution is -0.0545. The molecule has 2 amide bonds. The van der Waals surface area contributed by atoms with Crippen LogP contribution in [0.25, 0.3) is 0 Å². The molecule has 0 saturated carbocycles. The van der Waals surface area contributed by atoms with Crippen LogP contribution in [0.3, 0.4) is 0 Å². The Bertz CT molecular complexity index is 451. The molecule has 1 aliphatic rings. The third-order valence-corrected chi connectivity index (χ3v) is 3.48. The molecule has 2 rings (SSSR count). The maximum atomic E-state index is 12.2. The normalized spacial score (nSPS) is 22.1. The number of carbonyl (C=O) groups excluding carboxylic acids is 1. The summed E-state index contributed by atoms with van der Waals surface area (Å²) in [7, 11) is 1.68. The maximum absolute atomic E-state index is 12.2. The largest absolute Gasteiger partial charge is 0.380 e. The Morgan fingerprint density at radius 3 is 2.38 bits per heavy atom. The van der Waals surface area contributed by atoms with Crippen molar-refractivity contribution in [3.8, 4) is 0 Å². The fourth-order valence-electron chi connectivity index (χ4n) is 2.55. The summed E-state index contributed by atoms with van der Waals surface area (Å²) < 4.78 is 10.7. The van der Waals surface area contributed by atoms with Crippen molar-refractivity contribution in [1.29, 1.82) is 0 Å². The minimum Gasteiger partial charge on any atom is -0.380 e. The first-order chi connectivity index (χ1) is 10.1. The molecule has 0 aliphatic carbocycles. The highest BCUT2D eigenvalue weighted by molar-refractivity contribution is 5.74. The SMILES string of the molecule is COCc1ccc(CNC(=O)N2CC(C)OC(C)C2)cc1. The monoisotopic (exact) mass is 292 g/mol. The van der Waals surface area contributed by atoms with E-state index in [0.717, 1.165) is 11.1 Å². The van der Waals surface area contributed by atoms with Gasteiger partial charge in [0, 0.05) is 26.7 Å². The number of methoxy groups -OCH3 is 1. The second-order valence-electron chi connectivity index (χ2n) is 5.57. The van der Waals surface area contributed by atoms with Crippen molar-refractivity contribution in [2.24, 2.45) is 0 Å². The molecule has 1 aromatic rings. The third-order valence-electron chi connectivity index (χ3n) is 3.48. The van der Waals surface area contributed by atoms with E-state index in [4.69, 9.17) is 9.47 Å². The van der Waals surface area contributed by atoms with Crippen LogP contribution >= 0.6 is 0 Å². The molecule has 1 saturated heterocycles. The first-order valence-corrected chi connectivity index (χ1v) is 7.33. The van der Waals surface area contributed by atoms with Crippen LogP contribution < -0.4 is 5.32 Å². The van der Waals surface area contributed by atoms with Gasteiger partial charge in [0.05, 0.1) is 18.8 Å². The highest BCUT2D eigenvalue weighted by Crippen LogP contribution is 2.11. The zero-order chi connectivity index (χ0) is 15.2. The van der Waals surface area contributed by atoms with Gasteiger partial charge in [-0.2, -0.15) is 0 Å². The van der Waals surface area contributed by atoms with Crippen molar-refractivity contribution < 1.29 is 14.3 Å². The number of ether oxygens (including phenoxy) is 2. The van der Waals surface area contributed by atoms with E-state index >= 15 is 0 Å². The molecule has 0 spiro atoms. The summed E-state index contributed by atoms with van der Waals surface area (Å²) in [6.07, 6.45) is 0.181. The lowest BCUT2D eigenvalue weighted by Gasteiger charge is -2.35. The van der Waals surface area contributed by atoms with Crippen molar-refractivity contribution in [2.75, 3.05) is 20.2 Å². The van der Waals surface area contributed by atoms with Gasteiger partial charge in [0.25, 0.3) is 0 Å². The number of urea groups is 1. The Hall–Kier alpha value is -1.59. The molecule has 1 aliphatic heterocycles. The lowest BCUT2D eigenvalue weighted by atomic mass is 10.1. The fraction of sp³-hybridized carbons (Fsp3) is 0.562. The van der Waals surface area contributed by atoms with Gasteiger partial charge in [0.2, 0.25) is 0 Å². The average Bonchev–Trinajstić information content (AvgIpc) is 2.45. The van der Waals surface area contributed by atoms with Gasteiger partial charge >= 0.3 is 6.03 Å². The van der Waals surface area contributed by atoms with Crippen LogP contribution in [0.4, 0.5) is 4.79 Å².